The third-order valence-electron chi connectivity index (χ3n) is 6.60. The zero-order valence-electron chi connectivity index (χ0n) is 22.5. The Morgan fingerprint density at radius 3 is 1.95 bits per heavy atom. The van der Waals surface area contributed by atoms with Crippen molar-refractivity contribution in [1.29, 1.82) is 0 Å². The van der Waals surface area contributed by atoms with E-state index in [9.17, 15) is 39.3 Å². The number of aliphatic hydroxyl groups is 2. The fourth-order valence-corrected chi connectivity index (χ4v) is 4.22. The van der Waals surface area contributed by atoms with Crippen LogP contribution < -0.4 is 33.2 Å². The monoisotopic (exact) mass is 559 g/mol. The summed E-state index contributed by atoms with van der Waals surface area (Å²) in [5.74, 6) is -4.09. The highest BCUT2D eigenvalue weighted by atomic mass is 16.4. The third-order valence-corrected chi connectivity index (χ3v) is 6.60. The van der Waals surface area contributed by atoms with Crippen molar-refractivity contribution in [2.45, 2.75) is 94.6 Å². The van der Waals surface area contributed by atoms with Crippen LogP contribution in [0.15, 0.2) is 0 Å². The Morgan fingerprint density at radius 2 is 1.44 bits per heavy atom. The summed E-state index contributed by atoms with van der Waals surface area (Å²) in [6, 6.07) is -5.90. The fraction of sp³-hybridized carbons (Fsp3) is 0.792. The number of rotatable bonds is 18. The lowest BCUT2D eigenvalue weighted by atomic mass is 10.1. The van der Waals surface area contributed by atoms with Gasteiger partial charge in [-0.05, 0) is 71.4 Å². The van der Waals surface area contributed by atoms with E-state index >= 15 is 0 Å². The van der Waals surface area contributed by atoms with Crippen LogP contribution in [0.2, 0.25) is 0 Å². The highest BCUT2D eigenvalue weighted by Crippen LogP contribution is 2.19. The first kappa shape index (κ1) is 34.2. The summed E-state index contributed by atoms with van der Waals surface area (Å²) in [5.41, 5.74) is 16.7. The number of nitrogens with zero attached hydrogens (tertiary/aromatic N) is 1. The molecule has 224 valence electrons. The minimum absolute atomic E-state index is 0.122. The lowest BCUT2D eigenvalue weighted by molar-refractivity contribution is -0.143. The van der Waals surface area contributed by atoms with Crippen molar-refractivity contribution in [3.8, 4) is 0 Å². The van der Waals surface area contributed by atoms with E-state index in [0.717, 1.165) is 0 Å². The van der Waals surface area contributed by atoms with Crippen LogP contribution in [0.3, 0.4) is 0 Å². The van der Waals surface area contributed by atoms with E-state index in [4.69, 9.17) is 17.2 Å². The average Bonchev–Trinajstić information content (AvgIpc) is 3.39. The van der Waals surface area contributed by atoms with Gasteiger partial charge in [-0.3, -0.25) is 19.2 Å². The predicted octanol–water partition coefficient (Wildman–Crippen LogP) is -3.53. The van der Waals surface area contributed by atoms with Gasteiger partial charge in [-0.1, -0.05) is 0 Å². The Hall–Kier alpha value is -2.85. The second-order valence-electron chi connectivity index (χ2n) is 9.73. The Bertz CT molecular complexity index is 828. The van der Waals surface area contributed by atoms with Crippen LogP contribution in [0.25, 0.3) is 0 Å². The van der Waals surface area contributed by atoms with Gasteiger partial charge in [-0.2, -0.15) is 0 Å². The van der Waals surface area contributed by atoms with Crippen LogP contribution in [0.1, 0.15) is 58.3 Å². The van der Waals surface area contributed by atoms with Crippen molar-refractivity contribution in [3.63, 3.8) is 0 Å². The number of unbranched alkanes of at least 4 members (excludes halogenated alkanes) is 2. The van der Waals surface area contributed by atoms with Crippen molar-refractivity contribution in [3.05, 3.63) is 0 Å². The lowest BCUT2D eigenvalue weighted by Crippen LogP contribution is -2.59. The summed E-state index contributed by atoms with van der Waals surface area (Å²) < 4.78 is 0. The number of likely N-dealkylation sites (tertiary alicyclic amines) is 1. The highest BCUT2D eigenvalue weighted by molar-refractivity contribution is 5.95. The first-order chi connectivity index (χ1) is 18.5. The van der Waals surface area contributed by atoms with Gasteiger partial charge in [-0.15, -0.1) is 0 Å². The van der Waals surface area contributed by atoms with Gasteiger partial charge in [0.15, 0.2) is 0 Å². The minimum Gasteiger partial charge on any atom is -0.480 e. The number of nitrogens with two attached hydrogens (primary N) is 3. The quantitative estimate of drug-likeness (QED) is 0.0743. The molecule has 15 nitrogen and oxygen atoms in total. The molecule has 0 aromatic heterocycles. The molecule has 0 bridgehead atoms. The van der Waals surface area contributed by atoms with E-state index in [2.05, 4.69) is 16.0 Å². The van der Waals surface area contributed by atoms with Crippen molar-refractivity contribution >= 4 is 29.6 Å². The number of carbonyl (C=O) groups excluding carboxylic acids is 4. The second kappa shape index (κ2) is 17.7. The van der Waals surface area contributed by atoms with Crippen molar-refractivity contribution in [2.75, 3.05) is 26.2 Å². The Morgan fingerprint density at radius 1 is 0.897 bits per heavy atom. The van der Waals surface area contributed by atoms with E-state index in [-0.39, 0.29) is 19.4 Å². The largest absolute Gasteiger partial charge is 0.480 e. The van der Waals surface area contributed by atoms with E-state index in [0.29, 0.717) is 51.6 Å². The van der Waals surface area contributed by atoms with Gasteiger partial charge < -0.3 is 53.4 Å². The minimum atomic E-state index is -1.46. The maximum atomic E-state index is 13.1. The number of aliphatic hydroxyl groups excluding tert-OH is 2. The molecule has 0 aromatic rings. The fourth-order valence-electron chi connectivity index (χ4n) is 4.22. The Labute approximate surface area is 228 Å². The molecule has 1 rings (SSSR count). The Kier molecular flexibility index (Phi) is 15.5. The predicted molar refractivity (Wildman–Crippen MR) is 141 cm³/mol. The van der Waals surface area contributed by atoms with Gasteiger partial charge in [0.05, 0.1) is 12.7 Å². The number of nitrogens with one attached hydrogen (secondary N) is 3. The van der Waals surface area contributed by atoms with Gasteiger partial charge in [0.25, 0.3) is 0 Å². The number of amides is 4. The molecule has 4 amide bonds. The van der Waals surface area contributed by atoms with Gasteiger partial charge >= 0.3 is 5.97 Å². The van der Waals surface area contributed by atoms with Crippen LogP contribution in [0.4, 0.5) is 0 Å². The summed E-state index contributed by atoms with van der Waals surface area (Å²) in [4.78, 5) is 64.3. The van der Waals surface area contributed by atoms with E-state index < -0.39 is 72.5 Å². The maximum Gasteiger partial charge on any atom is 0.326 e. The SMILES string of the molecule is C[C@@H](O)[C@H](N)C(=O)N1CCC[C@H]1C(=O)N[C@@H](CCCCN)C(=O)N[C@@H](CO)C(=O)N[C@@H](CCCCN)C(=O)O. The molecule has 15 heteroatoms. The van der Waals surface area contributed by atoms with Crippen LogP contribution in [0.5, 0.6) is 0 Å². The van der Waals surface area contributed by atoms with E-state index in [1.54, 1.807) is 0 Å². The number of aliphatic carboxylic acids is 1. The smallest absolute Gasteiger partial charge is 0.326 e. The lowest BCUT2D eigenvalue weighted by Gasteiger charge is -2.29. The molecule has 12 N–H and O–H groups in total. The molecule has 0 radical (unpaired) electrons. The van der Waals surface area contributed by atoms with Crippen LogP contribution in [0, 0.1) is 0 Å². The Balaban J connectivity index is 2.93. The van der Waals surface area contributed by atoms with Gasteiger partial charge in [0.1, 0.15) is 30.2 Å². The molecule has 0 aromatic carbocycles. The zero-order chi connectivity index (χ0) is 29.5. The molecule has 1 aliphatic heterocycles. The third kappa shape index (κ3) is 11.0. The summed E-state index contributed by atoms with van der Waals surface area (Å²) in [7, 11) is 0. The molecule has 39 heavy (non-hydrogen) atoms. The summed E-state index contributed by atoms with van der Waals surface area (Å²) in [5, 5.41) is 36.1. The number of hydrogen-bond donors (Lipinski definition) is 9. The van der Waals surface area contributed by atoms with Crippen LogP contribution in [-0.4, -0.2) is 112 Å². The van der Waals surface area contributed by atoms with Gasteiger partial charge in [0, 0.05) is 6.54 Å². The van der Waals surface area contributed by atoms with Crippen molar-refractivity contribution in [2.24, 2.45) is 17.2 Å². The molecule has 1 heterocycles. The van der Waals surface area contributed by atoms with Gasteiger partial charge in [0.2, 0.25) is 23.6 Å². The van der Waals surface area contributed by atoms with E-state index in [1.165, 1.54) is 11.8 Å². The first-order valence-electron chi connectivity index (χ1n) is 13.4. The molecule has 0 aliphatic carbocycles. The molecule has 0 spiro atoms. The standard InChI is InChI=1S/C24H45N7O8/c1-14(33)19(27)23(37)31-12-6-9-18(31)22(36)28-15(7-2-4-10-25)20(34)30-17(13-32)21(35)29-16(24(38)39)8-3-5-11-26/h14-19,32-33H,2-13,25-27H2,1H3,(H,28,36)(H,29,35)(H,30,34)(H,38,39)/t14-,15+,16+,17+,18+,19+/m1/s1. The molecular formula is C24H45N7O8. The summed E-state index contributed by atoms with van der Waals surface area (Å²) in [6.45, 7) is 1.56. The number of hydrogen-bond acceptors (Lipinski definition) is 10. The normalized spacial score (nSPS) is 18.9. The number of carboxylic acid groups (broad SMARTS) is 1. The van der Waals surface area contributed by atoms with Crippen molar-refractivity contribution in [1.82, 2.24) is 20.9 Å². The molecule has 0 unspecified atom stereocenters. The first-order valence-corrected chi connectivity index (χ1v) is 13.4. The molecule has 6 atom stereocenters. The molecular weight excluding hydrogens is 514 g/mol. The van der Waals surface area contributed by atoms with Crippen LogP contribution in [-0.2, 0) is 24.0 Å². The maximum absolute atomic E-state index is 13.1. The molecule has 0 saturated carbocycles. The highest BCUT2D eigenvalue weighted by Gasteiger charge is 2.38. The molecule has 1 fully saturated rings. The summed E-state index contributed by atoms with van der Waals surface area (Å²) in [6.07, 6.45) is 2.10. The molecule has 1 saturated heterocycles. The average molecular weight is 560 g/mol. The van der Waals surface area contributed by atoms with Gasteiger partial charge in [-0.25, -0.2) is 4.79 Å². The topological polar surface area (TPSA) is 263 Å². The summed E-state index contributed by atoms with van der Waals surface area (Å²) >= 11 is 0. The van der Waals surface area contributed by atoms with Crippen LogP contribution >= 0.6 is 0 Å². The molecule has 1 aliphatic rings. The van der Waals surface area contributed by atoms with Crippen molar-refractivity contribution < 1.29 is 39.3 Å². The number of carboxylic acids is 1. The zero-order valence-corrected chi connectivity index (χ0v) is 22.5. The number of carbonyl (C=O) groups is 5. The van der Waals surface area contributed by atoms with E-state index in [1.807, 2.05) is 0 Å². The second-order valence-corrected chi connectivity index (χ2v) is 9.73.